The SMILES string of the molecule is CCC(C)C(CNCCOC)c1ccc(Cl)cc1Cl. The van der Waals surface area contributed by atoms with Gasteiger partial charge in [-0.2, -0.15) is 0 Å². The molecule has 1 rings (SSSR count). The molecule has 1 aromatic rings. The van der Waals surface area contributed by atoms with Crippen LogP contribution in [-0.2, 0) is 4.74 Å². The van der Waals surface area contributed by atoms with Gasteiger partial charge in [-0.15, -0.1) is 0 Å². The molecular formula is C15H23Cl2NO. The van der Waals surface area contributed by atoms with Crippen molar-refractivity contribution < 1.29 is 4.74 Å². The summed E-state index contributed by atoms with van der Waals surface area (Å²) in [5, 5.41) is 4.87. The van der Waals surface area contributed by atoms with E-state index in [1.807, 2.05) is 18.2 Å². The number of methoxy groups -OCH3 is 1. The molecule has 2 nitrogen and oxygen atoms in total. The van der Waals surface area contributed by atoms with E-state index in [2.05, 4.69) is 19.2 Å². The third kappa shape index (κ3) is 5.31. The molecule has 2 unspecified atom stereocenters. The minimum atomic E-state index is 0.395. The molecule has 19 heavy (non-hydrogen) atoms. The predicted molar refractivity (Wildman–Crippen MR) is 83.4 cm³/mol. The highest BCUT2D eigenvalue weighted by atomic mass is 35.5. The van der Waals surface area contributed by atoms with Crippen molar-refractivity contribution in [2.24, 2.45) is 5.92 Å². The Kier molecular flexibility index (Phi) is 7.77. The van der Waals surface area contributed by atoms with Crippen molar-refractivity contribution >= 4 is 23.2 Å². The van der Waals surface area contributed by atoms with Gasteiger partial charge in [0.1, 0.15) is 0 Å². The van der Waals surface area contributed by atoms with Crippen molar-refractivity contribution in [1.29, 1.82) is 0 Å². The highest BCUT2D eigenvalue weighted by molar-refractivity contribution is 6.35. The Morgan fingerprint density at radius 2 is 2.05 bits per heavy atom. The van der Waals surface area contributed by atoms with Crippen LogP contribution < -0.4 is 5.32 Å². The van der Waals surface area contributed by atoms with E-state index in [1.165, 1.54) is 5.56 Å². The van der Waals surface area contributed by atoms with Crippen molar-refractivity contribution in [1.82, 2.24) is 5.32 Å². The van der Waals surface area contributed by atoms with Crippen LogP contribution in [0.1, 0.15) is 31.7 Å². The van der Waals surface area contributed by atoms with Gasteiger partial charge in [-0.3, -0.25) is 0 Å². The fourth-order valence-corrected chi connectivity index (χ4v) is 2.68. The van der Waals surface area contributed by atoms with Crippen LogP contribution in [0, 0.1) is 5.92 Å². The minimum absolute atomic E-state index is 0.395. The van der Waals surface area contributed by atoms with Gasteiger partial charge in [-0.05, 0) is 23.6 Å². The quantitative estimate of drug-likeness (QED) is 0.721. The predicted octanol–water partition coefficient (Wildman–Crippen LogP) is 4.36. The zero-order valence-corrected chi connectivity index (χ0v) is 13.4. The van der Waals surface area contributed by atoms with Crippen LogP contribution in [0.2, 0.25) is 10.0 Å². The van der Waals surface area contributed by atoms with Gasteiger partial charge in [0.25, 0.3) is 0 Å². The van der Waals surface area contributed by atoms with E-state index in [4.69, 9.17) is 27.9 Å². The van der Waals surface area contributed by atoms with Gasteiger partial charge < -0.3 is 10.1 Å². The van der Waals surface area contributed by atoms with E-state index < -0.39 is 0 Å². The van der Waals surface area contributed by atoms with Crippen LogP contribution in [0.4, 0.5) is 0 Å². The number of nitrogens with one attached hydrogen (secondary N) is 1. The monoisotopic (exact) mass is 303 g/mol. The number of rotatable bonds is 8. The lowest BCUT2D eigenvalue weighted by molar-refractivity contribution is 0.198. The Morgan fingerprint density at radius 3 is 2.63 bits per heavy atom. The summed E-state index contributed by atoms with van der Waals surface area (Å²) in [7, 11) is 1.71. The van der Waals surface area contributed by atoms with Crippen LogP contribution in [0.25, 0.3) is 0 Å². The zero-order valence-electron chi connectivity index (χ0n) is 11.9. The summed E-state index contributed by atoms with van der Waals surface area (Å²) >= 11 is 12.3. The molecule has 0 heterocycles. The number of hydrogen-bond donors (Lipinski definition) is 1. The standard InChI is InChI=1S/C15H23Cl2NO/c1-4-11(2)14(10-18-7-8-19-3)13-6-5-12(16)9-15(13)17/h5-6,9,11,14,18H,4,7-8,10H2,1-3H3. The molecule has 0 spiro atoms. The van der Waals surface area contributed by atoms with E-state index in [0.717, 1.165) is 31.1 Å². The maximum absolute atomic E-state index is 6.33. The van der Waals surface area contributed by atoms with E-state index in [0.29, 0.717) is 16.9 Å². The molecule has 0 bridgehead atoms. The second-order valence-corrected chi connectivity index (χ2v) is 5.70. The van der Waals surface area contributed by atoms with Crippen molar-refractivity contribution in [3.05, 3.63) is 33.8 Å². The van der Waals surface area contributed by atoms with Crippen LogP contribution in [-0.4, -0.2) is 26.8 Å². The van der Waals surface area contributed by atoms with Gasteiger partial charge in [0, 0.05) is 36.2 Å². The maximum atomic E-state index is 6.33. The fourth-order valence-electron chi connectivity index (χ4n) is 2.14. The van der Waals surface area contributed by atoms with Gasteiger partial charge in [0.15, 0.2) is 0 Å². The molecular weight excluding hydrogens is 281 g/mol. The first-order valence-corrected chi connectivity index (χ1v) is 7.50. The Balaban J connectivity index is 2.78. The molecule has 0 aliphatic heterocycles. The molecule has 0 aliphatic rings. The summed E-state index contributed by atoms with van der Waals surface area (Å²) in [6.45, 7) is 6.94. The first-order valence-electron chi connectivity index (χ1n) is 6.74. The molecule has 108 valence electrons. The number of hydrogen-bond acceptors (Lipinski definition) is 2. The first-order chi connectivity index (χ1) is 9.10. The van der Waals surface area contributed by atoms with E-state index >= 15 is 0 Å². The fraction of sp³-hybridized carbons (Fsp3) is 0.600. The zero-order chi connectivity index (χ0) is 14.3. The van der Waals surface area contributed by atoms with Crippen molar-refractivity contribution in [3.8, 4) is 0 Å². The molecule has 0 saturated heterocycles. The molecule has 0 aromatic heterocycles. The van der Waals surface area contributed by atoms with Gasteiger partial charge in [-0.1, -0.05) is 49.5 Å². The molecule has 0 fully saturated rings. The average molecular weight is 304 g/mol. The van der Waals surface area contributed by atoms with Gasteiger partial charge in [-0.25, -0.2) is 0 Å². The lowest BCUT2D eigenvalue weighted by Gasteiger charge is -2.25. The molecule has 0 aliphatic carbocycles. The second-order valence-electron chi connectivity index (χ2n) is 4.85. The summed E-state index contributed by atoms with van der Waals surface area (Å²) in [4.78, 5) is 0. The summed E-state index contributed by atoms with van der Waals surface area (Å²) < 4.78 is 5.05. The van der Waals surface area contributed by atoms with Crippen LogP contribution >= 0.6 is 23.2 Å². The molecule has 0 saturated carbocycles. The Hall–Kier alpha value is -0.280. The lowest BCUT2D eigenvalue weighted by Crippen LogP contribution is -2.28. The minimum Gasteiger partial charge on any atom is -0.383 e. The van der Waals surface area contributed by atoms with Crippen molar-refractivity contribution in [2.45, 2.75) is 26.2 Å². The summed E-state index contributed by atoms with van der Waals surface area (Å²) in [6, 6.07) is 5.77. The van der Waals surface area contributed by atoms with Gasteiger partial charge >= 0.3 is 0 Å². The number of ether oxygens (including phenoxy) is 1. The second kappa shape index (κ2) is 8.80. The smallest absolute Gasteiger partial charge is 0.0587 e. The van der Waals surface area contributed by atoms with E-state index in [9.17, 15) is 0 Å². The van der Waals surface area contributed by atoms with Crippen molar-refractivity contribution in [2.75, 3.05) is 26.8 Å². The van der Waals surface area contributed by atoms with E-state index in [1.54, 1.807) is 7.11 Å². The van der Waals surface area contributed by atoms with Crippen LogP contribution in [0.15, 0.2) is 18.2 Å². The average Bonchev–Trinajstić information content (AvgIpc) is 2.39. The third-order valence-electron chi connectivity index (χ3n) is 3.54. The number of benzene rings is 1. The van der Waals surface area contributed by atoms with Crippen LogP contribution in [0.5, 0.6) is 0 Å². The summed E-state index contributed by atoms with van der Waals surface area (Å²) in [5.41, 5.74) is 1.17. The topological polar surface area (TPSA) is 21.3 Å². The maximum Gasteiger partial charge on any atom is 0.0587 e. The van der Waals surface area contributed by atoms with Crippen molar-refractivity contribution in [3.63, 3.8) is 0 Å². The molecule has 0 amide bonds. The van der Waals surface area contributed by atoms with Gasteiger partial charge in [0.05, 0.1) is 6.61 Å². The first kappa shape index (κ1) is 16.8. The molecule has 1 aromatic carbocycles. The lowest BCUT2D eigenvalue weighted by atomic mass is 9.85. The third-order valence-corrected chi connectivity index (χ3v) is 4.10. The van der Waals surface area contributed by atoms with Gasteiger partial charge in [0.2, 0.25) is 0 Å². The Labute approximate surface area is 126 Å². The summed E-state index contributed by atoms with van der Waals surface area (Å²) in [6.07, 6.45) is 1.12. The largest absolute Gasteiger partial charge is 0.383 e. The summed E-state index contributed by atoms with van der Waals surface area (Å²) in [5.74, 6) is 0.959. The van der Waals surface area contributed by atoms with Crippen LogP contribution in [0.3, 0.4) is 0 Å². The number of halogens is 2. The highest BCUT2D eigenvalue weighted by Crippen LogP contribution is 2.33. The normalized spacial score (nSPS) is 14.4. The highest BCUT2D eigenvalue weighted by Gasteiger charge is 2.20. The Morgan fingerprint density at radius 1 is 1.32 bits per heavy atom. The molecule has 1 N–H and O–H groups in total. The molecule has 0 radical (unpaired) electrons. The van der Waals surface area contributed by atoms with E-state index in [-0.39, 0.29) is 0 Å². The Bertz CT molecular complexity index is 384. The molecule has 4 heteroatoms. The molecule has 2 atom stereocenters.